The fourth-order valence-electron chi connectivity index (χ4n) is 2.60. The van der Waals surface area contributed by atoms with Gasteiger partial charge >= 0.3 is 0 Å². The summed E-state index contributed by atoms with van der Waals surface area (Å²) in [5.74, 6) is 2.35. The second-order valence-corrected chi connectivity index (χ2v) is 10.1. The van der Waals surface area contributed by atoms with Crippen molar-refractivity contribution in [2.75, 3.05) is 11.1 Å². The van der Waals surface area contributed by atoms with Gasteiger partial charge in [-0.2, -0.15) is 0 Å². The third kappa shape index (κ3) is 7.29. The SMILES string of the molecule is C=CCn1c(CSCc2ccc(Cl)cc2Cl)nnc1SCC(=O)Nc1ccc(Br)cc1. The number of nitrogens with zero attached hydrogens (tertiary/aromatic N) is 3. The number of aromatic nitrogens is 3. The van der Waals surface area contributed by atoms with E-state index in [0.717, 1.165) is 27.3 Å². The average molecular weight is 558 g/mol. The first-order valence-electron chi connectivity index (χ1n) is 9.19. The number of allylic oxidation sites excluding steroid dienone is 1. The van der Waals surface area contributed by atoms with E-state index >= 15 is 0 Å². The monoisotopic (exact) mass is 556 g/mol. The molecular weight excluding hydrogens is 539 g/mol. The molecule has 1 heterocycles. The molecule has 0 aliphatic rings. The predicted octanol–water partition coefficient (Wildman–Crippen LogP) is 6.70. The first kappa shape index (κ1) is 24.2. The Bertz CT molecular complexity index is 1060. The Morgan fingerprint density at radius 2 is 1.94 bits per heavy atom. The van der Waals surface area contributed by atoms with E-state index in [-0.39, 0.29) is 11.7 Å². The van der Waals surface area contributed by atoms with Gasteiger partial charge in [-0.1, -0.05) is 63.0 Å². The topological polar surface area (TPSA) is 59.8 Å². The molecule has 0 aliphatic heterocycles. The van der Waals surface area contributed by atoms with Gasteiger partial charge in [0, 0.05) is 32.5 Å². The molecule has 5 nitrogen and oxygen atoms in total. The van der Waals surface area contributed by atoms with Crippen molar-refractivity contribution in [3.05, 3.63) is 81.0 Å². The minimum Gasteiger partial charge on any atom is -0.325 e. The Balaban J connectivity index is 1.57. The molecule has 0 unspecified atom stereocenters. The number of rotatable bonds is 10. The van der Waals surface area contributed by atoms with Gasteiger partial charge < -0.3 is 9.88 Å². The summed E-state index contributed by atoms with van der Waals surface area (Å²) in [4.78, 5) is 12.3. The fraction of sp³-hybridized carbons (Fsp3) is 0.190. The molecule has 3 rings (SSSR count). The molecule has 0 atom stereocenters. The van der Waals surface area contributed by atoms with Crippen LogP contribution in [0.15, 0.2) is 64.7 Å². The molecule has 1 amide bonds. The highest BCUT2D eigenvalue weighted by atomic mass is 79.9. The molecule has 0 aliphatic carbocycles. The van der Waals surface area contributed by atoms with Crippen molar-refractivity contribution in [3.63, 3.8) is 0 Å². The summed E-state index contributed by atoms with van der Waals surface area (Å²) >= 11 is 18.6. The maximum atomic E-state index is 12.3. The molecular formula is C21H19BrCl2N4OS2. The van der Waals surface area contributed by atoms with Gasteiger partial charge in [-0.15, -0.1) is 28.5 Å². The molecule has 2 aromatic carbocycles. The number of anilines is 1. The van der Waals surface area contributed by atoms with Crippen LogP contribution in [-0.4, -0.2) is 26.4 Å². The van der Waals surface area contributed by atoms with E-state index in [4.69, 9.17) is 23.2 Å². The molecule has 162 valence electrons. The maximum Gasteiger partial charge on any atom is 0.234 e. The maximum absolute atomic E-state index is 12.3. The number of benzene rings is 2. The minimum absolute atomic E-state index is 0.103. The highest BCUT2D eigenvalue weighted by molar-refractivity contribution is 9.10. The van der Waals surface area contributed by atoms with Crippen molar-refractivity contribution in [1.29, 1.82) is 0 Å². The van der Waals surface area contributed by atoms with Crippen LogP contribution in [0.5, 0.6) is 0 Å². The van der Waals surface area contributed by atoms with Crippen LogP contribution in [0.1, 0.15) is 11.4 Å². The van der Waals surface area contributed by atoms with Gasteiger partial charge in [0.15, 0.2) is 5.16 Å². The van der Waals surface area contributed by atoms with Gasteiger partial charge in [-0.05, 0) is 42.0 Å². The molecule has 1 aromatic heterocycles. The number of carbonyl (C=O) groups excluding carboxylic acids is 1. The Kier molecular flexibility index (Phi) is 9.34. The van der Waals surface area contributed by atoms with E-state index in [2.05, 4.69) is 38.0 Å². The van der Waals surface area contributed by atoms with Crippen LogP contribution in [-0.2, 0) is 22.8 Å². The van der Waals surface area contributed by atoms with Crippen LogP contribution in [0.2, 0.25) is 10.0 Å². The van der Waals surface area contributed by atoms with Gasteiger partial charge in [-0.3, -0.25) is 4.79 Å². The van der Waals surface area contributed by atoms with E-state index in [1.807, 2.05) is 41.0 Å². The number of hydrogen-bond donors (Lipinski definition) is 1. The second-order valence-electron chi connectivity index (χ2n) is 6.37. The predicted molar refractivity (Wildman–Crippen MR) is 135 cm³/mol. The smallest absolute Gasteiger partial charge is 0.234 e. The van der Waals surface area contributed by atoms with Crippen molar-refractivity contribution < 1.29 is 4.79 Å². The summed E-state index contributed by atoms with van der Waals surface area (Å²) in [5.41, 5.74) is 1.77. The Morgan fingerprint density at radius 3 is 2.65 bits per heavy atom. The highest BCUT2D eigenvalue weighted by Gasteiger charge is 2.14. The number of thioether (sulfide) groups is 2. The van der Waals surface area contributed by atoms with Crippen LogP contribution < -0.4 is 5.32 Å². The lowest BCUT2D eigenvalue weighted by molar-refractivity contribution is -0.113. The number of amides is 1. The van der Waals surface area contributed by atoms with Gasteiger partial charge in [0.1, 0.15) is 5.82 Å². The molecule has 3 aromatic rings. The zero-order valence-corrected chi connectivity index (χ0v) is 21.1. The van der Waals surface area contributed by atoms with Gasteiger partial charge in [0.05, 0.1) is 11.5 Å². The molecule has 0 saturated carbocycles. The summed E-state index contributed by atoms with van der Waals surface area (Å²) in [6.45, 7) is 4.39. The first-order chi connectivity index (χ1) is 15.0. The third-order valence-electron chi connectivity index (χ3n) is 4.07. The van der Waals surface area contributed by atoms with Crippen molar-refractivity contribution in [2.24, 2.45) is 0 Å². The summed E-state index contributed by atoms with van der Waals surface area (Å²) < 4.78 is 2.93. The average Bonchev–Trinajstić information content (AvgIpc) is 3.12. The summed E-state index contributed by atoms with van der Waals surface area (Å²) in [7, 11) is 0. The second kappa shape index (κ2) is 12.0. The summed E-state index contributed by atoms with van der Waals surface area (Å²) in [5, 5.41) is 13.4. The van der Waals surface area contributed by atoms with Crippen molar-refractivity contribution in [3.8, 4) is 0 Å². The third-order valence-corrected chi connectivity index (χ3v) is 7.13. The molecule has 0 radical (unpaired) electrons. The number of hydrogen-bond acceptors (Lipinski definition) is 5. The van der Waals surface area contributed by atoms with Crippen LogP contribution in [0.25, 0.3) is 0 Å². The van der Waals surface area contributed by atoms with Crippen molar-refractivity contribution in [2.45, 2.75) is 23.2 Å². The summed E-state index contributed by atoms with van der Waals surface area (Å²) in [6, 6.07) is 12.9. The molecule has 0 bridgehead atoms. The van der Waals surface area contributed by atoms with E-state index in [1.54, 1.807) is 23.9 Å². The standard InChI is InChI=1S/C21H19BrCl2N4OS2/c1-2-9-28-19(12-30-11-14-3-6-16(23)10-18(14)24)26-27-21(28)31-13-20(29)25-17-7-4-15(22)5-8-17/h2-8,10H,1,9,11-13H2,(H,25,29). The Labute approximate surface area is 208 Å². The van der Waals surface area contributed by atoms with E-state index in [9.17, 15) is 4.79 Å². The van der Waals surface area contributed by atoms with Crippen molar-refractivity contribution in [1.82, 2.24) is 14.8 Å². The summed E-state index contributed by atoms with van der Waals surface area (Å²) in [6.07, 6.45) is 1.79. The van der Waals surface area contributed by atoms with Gasteiger partial charge in [0.25, 0.3) is 0 Å². The molecule has 0 fully saturated rings. The lowest BCUT2D eigenvalue weighted by atomic mass is 10.2. The van der Waals surface area contributed by atoms with Crippen LogP contribution >= 0.6 is 62.7 Å². The van der Waals surface area contributed by atoms with Gasteiger partial charge in [0.2, 0.25) is 5.91 Å². The quantitative estimate of drug-likeness (QED) is 0.222. The van der Waals surface area contributed by atoms with E-state index in [1.165, 1.54) is 11.8 Å². The largest absolute Gasteiger partial charge is 0.325 e. The first-order valence-corrected chi connectivity index (χ1v) is 12.9. The minimum atomic E-state index is -0.103. The number of nitrogens with one attached hydrogen (secondary N) is 1. The molecule has 1 N–H and O–H groups in total. The Morgan fingerprint density at radius 1 is 1.16 bits per heavy atom. The van der Waals surface area contributed by atoms with Crippen LogP contribution in [0.4, 0.5) is 5.69 Å². The van der Waals surface area contributed by atoms with E-state index < -0.39 is 0 Å². The highest BCUT2D eigenvalue weighted by Crippen LogP contribution is 2.27. The van der Waals surface area contributed by atoms with Gasteiger partial charge in [-0.25, -0.2) is 0 Å². The normalized spacial score (nSPS) is 10.8. The molecule has 0 spiro atoms. The molecule has 31 heavy (non-hydrogen) atoms. The number of carbonyl (C=O) groups is 1. The zero-order chi connectivity index (χ0) is 22.2. The Hall–Kier alpha value is -1.45. The molecule has 10 heteroatoms. The fourth-order valence-corrected chi connectivity index (χ4v) is 5.15. The number of halogens is 3. The van der Waals surface area contributed by atoms with E-state index in [0.29, 0.717) is 27.5 Å². The molecule has 0 saturated heterocycles. The van der Waals surface area contributed by atoms with Crippen LogP contribution in [0, 0.1) is 0 Å². The lowest BCUT2D eigenvalue weighted by Gasteiger charge is -2.09. The lowest BCUT2D eigenvalue weighted by Crippen LogP contribution is -2.14. The van der Waals surface area contributed by atoms with Crippen LogP contribution in [0.3, 0.4) is 0 Å². The zero-order valence-electron chi connectivity index (χ0n) is 16.4. The van der Waals surface area contributed by atoms with Crippen molar-refractivity contribution >= 4 is 74.3 Å².